The van der Waals surface area contributed by atoms with Crippen LogP contribution in [0.1, 0.15) is 16.3 Å². The lowest BCUT2D eigenvalue weighted by molar-refractivity contribution is 0.0660. The Labute approximate surface area is 101 Å². The number of carbonyl (C=O) groups is 1. The summed E-state index contributed by atoms with van der Waals surface area (Å²) in [6.45, 7) is 0.0631. The van der Waals surface area contributed by atoms with Crippen molar-refractivity contribution in [2.75, 3.05) is 5.32 Å². The first kappa shape index (κ1) is 12.1. The van der Waals surface area contributed by atoms with Gasteiger partial charge in [-0.3, -0.25) is 0 Å². The molecule has 94 valence electrons. The SMILES string of the molecule is O=C(O)c1ccc(CNc2cc(F)ccc2F)o1. The molecule has 18 heavy (non-hydrogen) atoms. The molecule has 0 radical (unpaired) electrons. The number of carboxylic acids is 1. The van der Waals surface area contributed by atoms with Gasteiger partial charge in [-0.1, -0.05) is 0 Å². The molecule has 1 heterocycles. The summed E-state index contributed by atoms with van der Waals surface area (Å²) in [5, 5.41) is 11.3. The van der Waals surface area contributed by atoms with Gasteiger partial charge in [0.05, 0.1) is 12.2 Å². The molecule has 6 heteroatoms. The summed E-state index contributed by atoms with van der Waals surface area (Å²) < 4.78 is 31.1. The number of rotatable bonds is 4. The van der Waals surface area contributed by atoms with E-state index in [-0.39, 0.29) is 18.0 Å². The molecule has 0 saturated heterocycles. The Balaban J connectivity index is 2.06. The molecule has 0 aliphatic rings. The van der Waals surface area contributed by atoms with Gasteiger partial charge >= 0.3 is 5.97 Å². The van der Waals surface area contributed by atoms with E-state index in [9.17, 15) is 13.6 Å². The number of benzene rings is 1. The fraction of sp³-hybridized carbons (Fsp3) is 0.0833. The minimum Gasteiger partial charge on any atom is -0.475 e. The van der Waals surface area contributed by atoms with Crippen molar-refractivity contribution in [1.82, 2.24) is 0 Å². The van der Waals surface area contributed by atoms with E-state index in [2.05, 4.69) is 5.32 Å². The van der Waals surface area contributed by atoms with Crippen molar-refractivity contribution in [1.29, 1.82) is 0 Å². The Morgan fingerprint density at radius 3 is 2.72 bits per heavy atom. The van der Waals surface area contributed by atoms with Gasteiger partial charge in [-0.2, -0.15) is 0 Å². The summed E-state index contributed by atoms with van der Waals surface area (Å²) in [5.41, 5.74) is -0.0109. The minimum atomic E-state index is -1.18. The van der Waals surface area contributed by atoms with Crippen LogP contribution < -0.4 is 5.32 Å². The van der Waals surface area contributed by atoms with E-state index in [1.165, 1.54) is 12.1 Å². The molecule has 4 nitrogen and oxygen atoms in total. The number of aromatic carboxylic acids is 1. The van der Waals surface area contributed by atoms with Crippen LogP contribution >= 0.6 is 0 Å². The zero-order valence-electron chi connectivity index (χ0n) is 9.11. The average Bonchev–Trinajstić information content (AvgIpc) is 2.79. The summed E-state index contributed by atoms with van der Waals surface area (Å²) in [5.74, 6) is -2.23. The number of halogens is 2. The number of carboxylic acid groups (broad SMARTS) is 1. The highest BCUT2D eigenvalue weighted by atomic mass is 19.1. The second-order valence-corrected chi connectivity index (χ2v) is 3.55. The smallest absolute Gasteiger partial charge is 0.371 e. The Kier molecular flexibility index (Phi) is 3.27. The third kappa shape index (κ3) is 2.65. The highest BCUT2D eigenvalue weighted by Gasteiger charge is 2.09. The van der Waals surface area contributed by atoms with Crippen LogP contribution in [0.25, 0.3) is 0 Å². The van der Waals surface area contributed by atoms with Gasteiger partial charge in [-0.25, -0.2) is 13.6 Å². The highest BCUT2D eigenvalue weighted by molar-refractivity contribution is 5.84. The van der Waals surface area contributed by atoms with Crippen molar-refractivity contribution in [3.63, 3.8) is 0 Å². The maximum atomic E-state index is 13.3. The summed E-state index contributed by atoms with van der Waals surface area (Å²) >= 11 is 0. The van der Waals surface area contributed by atoms with Gasteiger partial charge < -0.3 is 14.8 Å². The Morgan fingerprint density at radius 2 is 2.06 bits per heavy atom. The highest BCUT2D eigenvalue weighted by Crippen LogP contribution is 2.17. The maximum absolute atomic E-state index is 13.3. The van der Waals surface area contributed by atoms with E-state index >= 15 is 0 Å². The molecule has 0 amide bonds. The van der Waals surface area contributed by atoms with Crippen LogP contribution in [0, 0.1) is 11.6 Å². The first-order chi connectivity index (χ1) is 8.56. The van der Waals surface area contributed by atoms with Gasteiger partial charge in [0, 0.05) is 0 Å². The van der Waals surface area contributed by atoms with E-state index in [1.54, 1.807) is 0 Å². The fourth-order valence-electron chi connectivity index (χ4n) is 1.40. The standard InChI is InChI=1S/C12H9F2NO3/c13-7-1-3-9(14)10(5-7)15-6-8-2-4-11(18-8)12(16)17/h1-5,15H,6H2,(H,16,17). The molecule has 2 N–H and O–H groups in total. The molecule has 0 atom stereocenters. The molecule has 0 aliphatic carbocycles. The van der Waals surface area contributed by atoms with Crippen LogP contribution in [0.3, 0.4) is 0 Å². The van der Waals surface area contributed by atoms with Gasteiger partial charge in [-0.15, -0.1) is 0 Å². The average molecular weight is 253 g/mol. The lowest BCUT2D eigenvalue weighted by Crippen LogP contribution is -2.01. The quantitative estimate of drug-likeness (QED) is 0.879. The Morgan fingerprint density at radius 1 is 1.28 bits per heavy atom. The van der Waals surface area contributed by atoms with Crippen LogP contribution in [0.4, 0.5) is 14.5 Å². The number of hydrogen-bond donors (Lipinski definition) is 2. The normalized spacial score (nSPS) is 10.3. The van der Waals surface area contributed by atoms with Gasteiger partial charge in [0.15, 0.2) is 0 Å². The van der Waals surface area contributed by atoms with Crippen molar-refractivity contribution >= 4 is 11.7 Å². The van der Waals surface area contributed by atoms with Crippen LogP contribution in [0.2, 0.25) is 0 Å². The van der Waals surface area contributed by atoms with Crippen molar-refractivity contribution in [2.24, 2.45) is 0 Å². The number of nitrogens with one attached hydrogen (secondary N) is 1. The first-order valence-electron chi connectivity index (χ1n) is 5.07. The minimum absolute atomic E-state index is 0.0109. The van der Waals surface area contributed by atoms with Crippen LogP contribution in [0.5, 0.6) is 0 Å². The first-order valence-corrected chi connectivity index (χ1v) is 5.07. The molecule has 0 unspecified atom stereocenters. The fourth-order valence-corrected chi connectivity index (χ4v) is 1.40. The van der Waals surface area contributed by atoms with E-state index in [0.717, 1.165) is 18.2 Å². The number of furan rings is 1. The number of anilines is 1. The van der Waals surface area contributed by atoms with Crippen molar-refractivity contribution < 1.29 is 23.1 Å². The molecular weight excluding hydrogens is 244 g/mol. The van der Waals surface area contributed by atoms with Gasteiger partial charge in [0.25, 0.3) is 0 Å². The van der Waals surface area contributed by atoms with Crippen LogP contribution in [-0.2, 0) is 6.54 Å². The zero-order chi connectivity index (χ0) is 13.1. The van der Waals surface area contributed by atoms with E-state index in [0.29, 0.717) is 5.76 Å². The zero-order valence-corrected chi connectivity index (χ0v) is 9.11. The topological polar surface area (TPSA) is 62.5 Å². The molecule has 2 rings (SSSR count). The van der Waals surface area contributed by atoms with Gasteiger partial charge in [0.1, 0.15) is 17.4 Å². The summed E-state index contributed by atoms with van der Waals surface area (Å²) in [7, 11) is 0. The second kappa shape index (κ2) is 4.87. The molecule has 0 aliphatic heterocycles. The molecule has 0 bridgehead atoms. The van der Waals surface area contributed by atoms with Gasteiger partial charge in [0.2, 0.25) is 5.76 Å². The summed E-state index contributed by atoms with van der Waals surface area (Å²) in [6, 6.07) is 5.77. The molecule has 0 saturated carbocycles. The molecular formula is C12H9F2NO3. The lowest BCUT2D eigenvalue weighted by Gasteiger charge is -2.05. The third-order valence-corrected chi connectivity index (χ3v) is 2.25. The summed E-state index contributed by atoms with van der Waals surface area (Å²) in [4.78, 5) is 10.6. The predicted molar refractivity (Wildman–Crippen MR) is 59.4 cm³/mol. The van der Waals surface area contributed by atoms with Crippen molar-refractivity contribution in [3.8, 4) is 0 Å². The molecule has 0 spiro atoms. The molecule has 2 aromatic rings. The Bertz CT molecular complexity index is 580. The predicted octanol–water partition coefficient (Wildman–Crippen LogP) is 2.87. The van der Waals surface area contributed by atoms with Crippen molar-refractivity contribution in [2.45, 2.75) is 6.54 Å². The monoisotopic (exact) mass is 253 g/mol. The van der Waals surface area contributed by atoms with Crippen molar-refractivity contribution in [3.05, 3.63) is 53.5 Å². The maximum Gasteiger partial charge on any atom is 0.371 e. The Hall–Kier alpha value is -2.37. The molecule has 1 aromatic heterocycles. The third-order valence-electron chi connectivity index (χ3n) is 2.25. The lowest BCUT2D eigenvalue weighted by atomic mass is 10.3. The number of hydrogen-bond acceptors (Lipinski definition) is 3. The van der Waals surface area contributed by atoms with Gasteiger partial charge in [-0.05, 0) is 30.3 Å². The van der Waals surface area contributed by atoms with E-state index in [1.807, 2.05) is 0 Å². The van der Waals surface area contributed by atoms with Crippen LogP contribution in [0.15, 0.2) is 34.7 Å². The molecule has 0 fully saturated rings. The second-order valence-electron chi connectivity index (χ2n) is 3.55. The largest absolute Gasteiger partial charge is 0.475 e. The summed E-state index contributed by atoms with van der Waals surface area (Å²) in [6.07, 6.45) is 0. The van der Waals surface area contributed by atoms with E-state index in [4.69, 9.17) is 9.52 Å². The molecule has 1 aromatic carbocycles. The van der Waals surface area contributed by atoms with Crippen LogP contribution in [-0.4, -0.2) is 11.1 Å². The van der Waals surface area contributed by atoms with E-state index < -0.39 is 17.6 Å².